The summed E-state index contributed by atoms with van der Waals surface area (Å²) in [5.74, 6) is 0.681. The van der Waals surface area contributed by atoms with Gasteiger partial charge in [-0.3, -0.25) is 4.79 Å². The zero-order chi connectivity index (χ0) is 20.9. The van der Waals surface area contributed by atoms with Crippen LogP contribution in [0.1, 0.15) is 45.2 Å². The SMILES string of the molecule is Cc1cccc(OCc2nc(C)c(C(=O)Nc3ccc(N4CCCCC4)cc3)s2)c1. The predicted molar refractivity (Wildman–Crippen MR) is 123 cm³/mol. The van der Waals surface area contributed by atoms with E-state index in [1.165, 1.54) is 36.3 Å². The van der Waals surface area contributed by atoms with Crippen molar-refractivity contribution < 1.29 is 9.53 Å². The molecule has 2 heterocycles. The molecule has 1 saturated heterocycles. The van der Waals surface area contributed by atoms with E-state index in [1.54, 1.807) is 0 Å². The largest absolute Gasteiger partial charge is 0.486 e. The third kappa shape index (κ3) is 5.00. The average Bonchev–Trinajstić information content (AvgIpc) is 3.14. The molecule has 5 nitrogen and oxygen atoms in total. The van der Waals surface area contributed by atoms with Crippen LogP contribution in [0.15, 0.2) is 48.5 Å². The fourth-order valence-corrected chi connectivity index (χ4v) is 4.54. The van der Waals surface area contributed by atoms with Gasteiger partial charge in [-0.15, -0.1) is 11.3 Å². The zero-order valence-electron chi connectivity index (χ0n) is 17.5. The van der Waals surface area contributed by atoms with Crippen molar-refractivity contribution in [2.45, 2.75) is 39.7 Å². The van der Waals surface area contributed by atoms with Crippen LogP contribution in [0.2, 0.25) is 0 Å². The highest BCUT2D eigenvalue weighted by atomic mass is 32.1. The van der Waals surface area contributed by atoms with Crippen molar-refractivity contribution in [2.24, 2.45) is 0 Å². The molecule has 1 N–H and O–H groups in total. The van der Waals surface area contributed by atoms with Crippen LogP contribution in [0.4, 0.5) is 11.4 Å². The van der Waals surface area contributed by atoms with Crippen LogP contribution in [0.5, 0.6) is 5.75 Å². The van der Waals surface area contributed by atoms with Gasteiger partial charge < -0.3 is 15.0 Å². The van der Waals surface area contributed by atoms with Crippen LogP contribution in [0.3, 0.4) is 0 Å². The molecule has 1 amide bonds. The Morgan fingerprint density at radius 1 is 1.10 bits per heavy atom. The van der Waals surface area contributed by atoms with E-state index in [4.69, 9.17) is 4.74 Å². The number of aryl methyl sites for hydroxylation is 2. The predicted octanol–water partition coefficient (Wildman–Crippen LogP) is 5.58. The Labute approximate surface area is 181 Å². The number of nitrogens with zero attached hydrogens (tertiary/aromatic N) is 2. The fourth-order valence-electron chi connectivity index (χ4n) is 3.67. The van der Waals surface area contributed by atoms with Crippen molar-refractivity contribution in [1.29, 1.82) is 0 Å². The van der Waals surface area contributed by atoms with Crippen LogP contribution in [0, 0.1) is 13.8 Å². The van der Waals surface area contributed by atoms with Gasteiger partial charge in [0.15, 0.2) is 0 Å². The first-order valence-electron chi connectivity index (χ1n) is 10.4. The van der Waals surface area contributed by atoms with E-state index in [0.29, 0.717) is 11.5 Å². The molecule has 0 spiro atoms. The molecule has 0 radical (unpaired) electrons. The van der Waals surface area contributed by atoms with Gasteiger partial charge in [0.2, 0.25) is 0 Å². The molecule has 0 unspecified atom stereocenters. The van der Waals surface area contributed by atoms with Gasteiger partial charge in [-0.1, -0.05) is 12.1 Å². The number of carbonyl (C=O) groups excluding carboxylic acids is 1. The smallest absolute Gasteiger partial charge is 0.267 e. The molecule has 1 aliphatic rings. The molecule has 1 aromatic heterocycles. The Morgan fingerprint density at radius 2 is 1.87 bits per heavy atom. The number of thiazole rings is 1. The van der Waals surface area contributed by atoms with E-state index >= 15 is 0 Å². The number of rotatable bonds is 6. The molecule has 0 saturated carbocycles. The van der Waals surface area contributed by atoms with Gasteiger partial charge in [-0.05, 0) is 75.1 Å². The molecule has 1 aliphatic heterocycles. The lowest BCUT2D eigenvalue weighted by molar-refractivity contribution is 0.103. The summed E-state index contributed by atoms with van der Waals surface area (Å²) in [4.78, 5) is 20.3. The first-order chi connectivity index (χ1) is 14.6. The third-order valence-corrected chi connectivity index (χ3v) is 6.38. The highest BCUT2D eigenvalue weighted by Gasteiger charge is 2.16. The maximum Gasteiger partial charge on any atom is 0.267 e. The number of hydrogen-bond donors (Lipinski definition) is 1. The Balaban J connectivity index is 1.37. The lowest BCUT2D eigenvalue weighted by Gasteiger charge is -2.28. The van der Waals surface area contributed by atoms with Gasteiger partial charge in [0, 0.05) is 24.5 Å². The summed E-state index contributed by atoms with van der Waals surface area (Å²) < 4.78 is 5.82. The van der Waals surface area contributed by atoms with Crippen LogP contribution in [-0.2, 0) is 6.61 Å². The van der Waals surface area contributed by atoms with E-state index in [2.05, 4.69) is 27.3 Å². The quantitative estimate of drug-likeness (QED) is 0.564. The minimum Gasteiger partial charge on any atom is -0.486 e. The molecule has 0 aliphatic carbocycles. The molecular formula is C24H27N3O2S. The first-order valence-corrected chi connectivity index (χ1v) is 11.2. The number of ether oxygens (including phenoxy) is 1. The number of anilines is 2. The van der Waals surface area contributed by atoms with Gasteiger partial charge in [0.05, 0.1) is 5.69 Å². The van der Waals surface area contributed by atoms with Gasteiger partial charge in [-0.2, -0.15) is 0 Å². The standard InChI is InChI=1S/C24H27N3O2S/c1-17-7-6-8-21(15-17)29-16-22-25-18(2)23(30-22)24(28)26-19-9-11-20(12-10-19)27-13-4-3-5-14-27/h6-12,15H,3-5,13-14,16H2,1-2H3,(H,26,28). The average molecular weight is 422 g/mol. The van der Waals surface area contributed by atoms with Crippen LogP contribution < -0.4 is 15.0 Å². The number of aromatic nitrogens is 1. The van der Waals surface area contributed by atoms with Crippen molar-refractivity contribution in [3.05, 3.63) is 69.7 Å². The summed E-state index contributed by atoms with van der Waals surface area (Å²) in [5, 5.41) is 3.79. The Hall–Kier alpha value is -2.86. The minimum atomic E-state index is -0.127. The Morgan fingerprint density at radius 3 is 2.60 bits per heavy atom. The molecule has 0 bridgehead atoms. The fraction of sp³-hybridized carbons (Fsp3) is 0.333. The van der Waals surface area contributed by atoms with Crippen molar-refractivity contribution in [3.8, 4) is 5.75 Å². The third-order valence-electron chi connectivity index (χ3n) is 5.25. The molecule has 0 atom stereocenters. The summed E-state index contributed by atoms with van der Waals surface area (Å²) in [5.41, 5.74) is 3.89. The molecular weight excluding hydrogens is 394 g/mol. The summed E-state index contributed by atoms with van der Waals surface area (Å²) in [7, 11) is 0. The van der Waals surface area contributed by atoms with E-state index in [0.717, 1.165) is 40.8 Å². The number of carbonyl (C=O) groups is 1. The maximum absolute atomic E-state index is 12.8. The van der Waals surface area contributed by atoms with Gasteiger partial charge in [0.25, 0.3) is 5.91 Å². The monoisotopic (exact) mass is 421 g/mol. The second-order valence-electron chi connectivity index (χ2n) is 7.68. The maximum atomic E-state index is 12.8. The summed E-state index contributed by atoms with van der Waals surface area (Å²) in [6.07, 6.45) is 3.81. The van der Waals surface area contributed by atoms with E-state index in [1.807, 2.05) is 50.2 Å². The lowest BCUT2D eigenvalue weighted by Crippen LogP contribution is -2.29. The summed E-state index contributed by atoms with van der Waals surface area (Å²) >= 11 is 1.38. The molecule has 6 heteroatoms. The van der Waals surface area contributed by atoms with Crippen molar-refractivity contribution >= 4 is 28.6 Å². The number of amides is 1. The van der Waals surface area contributed by atoms with Gasteiger partial charge >= 0.3 is 0 Å². The highest BCUT2D eigenvalue weighted by Crippen LogP contribution is 2.24. The minimum absolute atomic E-state index is 0.127. The molecule has 1 fully saturated rings. The van der Waals surface area contributed by atoms with E-state index in [9.17, 15) is 4.79 Å². The van der Waals surface area contributed by atoms with Crippen LogP contribution in [0.25, 0.3) is 0 Å². The number of hydrogen-bond acceptors (Lipinski definition) is 5. The highest BCUT2D eigenvalue weighted by molar-refractivity contribution is 7.13. The topological polar surface area (TPSA) is 54.5 Å². The lowest BCUT2D eigenvalue weighted by atomic mass is 10.1. The second kappa shape index (κ2) is 9.30. The molecule has 30 heavy (non-hydrogen) atoms. The Bertz CT molecular complexity index is 1010. The number of benzene rings is 2. The van der Waals surface area contributed by atoms with Crippen molar-refractivity contribution in [3.63, 3.8) is 0 Å². The molecule has 156 valence electrons. The van der Waals surface area contributed by atoms with E-state index in [-0.39, 0.29) is 5.91 Å². The van der Waals surface area contributed by atoms with Crippen molar-refractivity contribution in [1.82, 2.24) is 4.98 Å². The second-order valence-corrected chi connectivity index (χ2v) is 8.76. The molecule has 3 aromatic rings. The summed E-state index contributed by atoms with van der Waals surface area (Å²) in [6.45, 7) is 6.47. The normalized spacial score (nSPS) is 13.9. The van der Waals surface area contributed by atoms with Crippen LogP contribution >= 0.6 is 11.3 Å². The van der Waals surface area contributed by atoms with E-state index < -0.39 is 0 Å². The summed E-state index contributed by atoms with van der Waals surface area (Å²) in [6, 6.07) is 16.0. The van der Waals surface area contributed by atoms with Crippen molar-refractivity contribution in [2.75, 3.05) is 23.3 Å². The van der Waals surface area contributed by atoms with Gasteiger partial charge in [0.1, 0.15) is 22.2 Å². The van der Waals surface area contributed by atoms with Crippen LogP contribution in [-0.4, -0.2) is 24.0 Å². The zero-order valence-corrected chi connectivity index (χ0v) is 18.3. The molecule has 2 aromatic carbocycles. The first kappa shape index (κ1) is 20.4. The Kier molecular flexibility index (Phi) is 6.33. The number of nitrogens with one attached hydrogen (secondary N) is 1. The van der Waals surface area contributed by atoms with Gasteiger partial charge in [-0.25, -0.2) is 4.98 Å². The number of piperidine rings is 1. The molecule has 4 rings (SSSR count).